The summed E-state index contributed by atoms with van der Waals surface area (Å²) in [4.78, 5) is 18.0. The number of nitrogens with zero attached hydrogens (tertiary/aromatic N) is 2. The second-order valence-corrected chi connectivity index (χ2v) is 7.42. The number of anilines is 1. The topological polar surface area (TPSA) is 62.3 Å². The van der Waals surface area contributed by atoms with E-state index in [4.69, 9.17) is 0 Å². The van der Waals surface area contributed by atoms with Crippen LogP contribution in [0, 0.1) is 0 Å². The molecule has 0 fully saturated rings. The minimum Gasteiger partial charge on any atom is -0.324 e. The molecule has 0 saturated carbocycles. The molecule has 0 spiro atoms. The van der Waals surface area contributed by atoms with Crippen LogP contribution in [0.3, 0.4) is 0 Å². The molecular formula is C15H19N3O2S2. The van der Waals surface area contributed by atoms with Crippen molar-refractivity contribution in [1.82, 2.24) is 9.88 Å². The molecular weight excluding hydrogens is 318 g/mol. The predicted molar refractivity (Wildman–Crippen MR) is 92.7 cm³/mol. The van der Waals surface area contributed by atoms with Crippen LogP contribution in [-0.2, 0) is 10.8 Å². The molecule has 2 atom stereocenters. The van der Waals surface area contributed by atoms with Gasteiger partial charge >= 0.3 is 6.03 Å². The Labute approximate surface area is 136 Å². The third-order valence-corrected chi connectivity index (χ3v) is 5.05. The number of carbonyl (C=O) groups is 1. The minimum atomic E-state index is -0.927. The number of hydrogen-bond acceptors (Lipinski definition) is 4. The van der Waals surface area contributed by atoms with Crippen LogP contribution >= 0.6 is 11.3 Å². The van der Waals surface area contributed by atoms with Crippen molar-refractivity contribution >= 4 is 33.9 Å². The highest BCUT2D eigenvalue weighted by Crippen LogP contribution is 2.23. The summed E-state index contributed by atoms with van der Waals surface area (Å²) in [5.41, 5.74) is 1.75. The fraction of sp³-hybridized carbons (Fsp3) is 0.333. The molecule has 22 heavy (non-hydrogen) atoms. The lowest BCUT2D eigenvalue weighted by Crippen LogP contribution is -2.40. The Balaban J connectivity index is 1.98. The number of hydrogen-bond donors (Lipinski definition) is 1. The van der Waals surface area contributed by atoms with Gasteiger partial charge in [-0.15, -0.1) is 11.3 Å². The third-order valence-electron chi connectivity index (χ3n) is 3.27. The van der Waals surface area contributed by atoms with Crippen molar-refractivity contribution in [2.24, 2.45) is 0 Å². The maximum absolute atomic E-state index is 12.2. The highest BCUT2D eigenvalue weighted by atomic mass is 32.2. The predicted octanol–water partition coefficient (Wildman–Crippen LogP) is 3.04. The Kier molecular flexibility index (Phi) is 5.68. The molecule has 2 rings (SSSR count). The standard InChI is InChI=1S/C15H19N3O2S2/c1-11(10-22(3)20)18(2)15(19)17-13-6-4-12(5-7-13)14-16-8-9-21-14/h4-9,11H,10H2,1-3H3,(H,17,19)/t11-,22+/m0/s1. The van der Waals surface area contributed by atoms with Crippen molar-refractivity contribution < 1.29 is 9.00 Å². The van der Waals surface area contributed by atoms with Gasteiger partial charge < -0.3 is 10.2 Å². The van der Waals surface area contributed by atoms with Crippen molar-refractivity contribution in [2.45, 2.75) is 13.0 Å². The van der Waals surface area contributed by atoms with Crippen LogP contribution in [0.1, 0.15) is 6.92 Å². The number of benzene rings is 1. The number of urea groups is 1. The zero-order chi connectivity index (χ0) is 16.1. The molecule has 0 radical (unpaired) electrons. The first kappa shape index (κ1) is 16.6. The molecule has 2 amide bonds. The first-order valence-corrected chi connectivity index (χ1v) is 9.42. The Morgan fingerprint density at radius 3 is 2.64 bits per heavy atom. The fourth-order valence-electron chi connectivity index (χ4n) is 1.93. The zero-order valence-corrected chi connectivity index (χ0v) is 14.4. The summed E-state index contributed by atoms with van der Waals surface area (Å²) in [5, 5.41) is 5.72. The fourth-order valence-corrected chi connectivity index (χ4v) is 3.47. The lowest BCUT2D eigenvalue weighted by Gasteiger charge is -2.24. The lowest BCUT2D eigenvalue weighted by atomic mass is 10.2. The van der Waals surface area contributed by atoms with Gasteiger partial charge in [0.15, 0.2) is 0 Å². The van der Waals surface area contributed by atoms with Crippen molar-refractivity contribution in [3.05, 3.63) is 35.8 Å². The van der Waals surface area contributed by atoms with Crippen LogP contribution in [-0.4, -0.2) is 45.2 Å². The molecule has 0 aliphatic heterocycles. The van der Waals surface area contributed by atoms with Gasteiger partial charge in [0.2, 0.25) is 0 Å². The molecule has 0 aliphatic rings. The van der Waals surface area contributed by atoms with Crippen molar-refractivity contribution in [1.29, 1.82) is 0 Å². The van der Waals surface area contributed by atoms with Crippen LogP contribution in [0.25, 0.3) is 10.6 Å². The molecule has 2 aromatic rings. The maximum atomic E-state index is 12.2. The SMILES string of the molecule is C[C@@H](C[S@@](C)=O)N(C)C(=O)Nc1ccc(-c2nccs2)cc1. The normalized spacial score (nSPS) is 13.4. The maximum Gasteiger partial charge on any atom is 0.321 e. The smallest absolute Gasteiger partial charge is 0.321 e. The van der Waals surface area contributed by atoms with E-state index in [1.807, 2.05) is 36.6 Å². The van der Waals surface area contributed by atoms with E-state index >= 15 is 0 Å². The van der Waals surface area contributed by atoms with Gasteiger partial charge in [0, 0.05) is 58.7 Å². The van der Waals surface area contributed by atoms with Gasteiger partial charge in [0.05, 0.1) is 0 Å². The number of amides is 2. The molecule has 0 saturated heterocycles. The number of thiazole rings is 1. The van der Waals surface area contributed by atoms with E-state index in [9.17, 15) is 9.00 Å². The van der Waals surface area contributed by atoms with E-state index in [1.165, 1.54) is 0 Å². The second kappa shape index (κ2) is 7.51. The summed E-state index contributed by atoms with van der Waals surface area (Å²) in [6.45, 7) is 1.88. The summed E-state index contributed by atoms with van der Waals surface area (Å²) in [6.07, 6.45) is 3.41. The molecule has 0 aliphatic carbocycles. The number of carbonyl (C=O) groups excluding carboxylic acids is 1. The Hall–Kier alpha value is -1.73. The monoisotopic (exact) mass is 337 g/mol. The quantitative estimate of drug-likeness (QED) is 0.912. The van der Waals surface area contributed by atoms with Crippen molar-refractivity contribution in [3.8, 4) is 10.6 Å². The molecule has 0 unspecified atom stereocenters. The minimum absolute atomic E-state index is 0.0829. The van der Waals surface area contributed by atoms with Gasteiger partial charge in [0.25, 0.3) is 0 Å². The average molecular weight is 337 g/mol. The summed E-state index contributed by atoms with van der Waals surface area (Å²) < 4.78 is 11.2. The van der Waals surface area contributed by atoms with E-state index in [1.54, 1.807) is 35.7 Å². The molecule has 1 aromatic carbocycles. The molecule has 5 nitrogen and oxygen atoms in total. The van der Waals surface area contributed by atoms with E-state index in [-0.39, 0.29) is 12.1 Å². The summed E-state index contributed by atoms with van der Waals surface area (Å²) in [7, 11) is 0.778. The number of nitrogens with one attached hydrogen (secondary N) is 1. The van der Waals surface area contributed by atoms with E-state index in [0.29, 0.717) is 5.75 Å². The molecule has 1 N–H and O–H groups in total. The van der Waals surface area contributed by atoms with Crippen LogP contribution in [0.15, 0.2) is 35.8 Å². The Bertz CT molecular complexity index is 641. The average Bonchev–Trinajstić information content (AvgIpc) is 3.00. The van der Waals surface area contributed by atoms with Gasteiger partial charge in [-0.05, 0) is 31.2 Å². The third kappa shape index (κ3) is 4.38. The summed E-state index contributed by atoms with van der Waals surface area (Å²) in [5.74, 6) is 0.465. The first-order valence-electron chi connectivity index (χ1n) is 6.81. The molecule has 7 heteroatoms. The molecule has 118 valence electrons. The molecule has 0 bridgehead atoms. The highest BCUT2D eigenvalue weighted by molar-refractivity contribution is 7.84. The van der Waals surface area contributed by atoms with E-state index < -0.39 is 10.8 Å². The van der Waals surface area contributed by atoms with E-state index in [2.05, 4.69) is 10.3 Å². The largest absolute Gasteiger partial charge is 0.324 e. The van der Waals surface area contributed by atoms with Crippen LogP contribution in [0.2, 0.25) is 0 Å². The van der Waals surface area contributed by atoms with Gasteiger partial charge in [-0.2, -0.15) is 0 Å². The molecule has 1 aromatic heterocycles. The lowest BCUT2D eigenvalue weighted by molar-refractivity contribution is 0.212. The van der Waals surface area contributed by atoms with Gasteiger partial charge in [-0.1, -0.05) is 0 Å². The Morgan fingerprint density at radius 1 is 1.41 bits per heavy atom. The number of rotatable bonds is 5. The zero-order valence-electron chi connectivity index (χ0n) is 12.8. The van der Waals surface area contributed by atoms with Crippen LogP contribution in [0.4, 0.5) is 10.5 Å². The second-order valence-electron chi connectivity index (χ2n) is 5.04. The van der Waals surface area contributed by atoms with Gasteiger partial charge in [-0.3, -0.25) is 4.21 Å². The van der Waals surface area contributed by atoms with Gasteiger partial charge in [-0.25, -0.2) is 9.78 Å². The summed E-state index contributed by atoms with van der Waals surface area (Å²) >= 11 is 1.57. The van der Waals surface area contributed by atoms with Gasteiger partial charge in [0.1, 0.15) is 5.01 Å². The van der Waals surface area contributed by atoms with Crippen LogP contribution < -0.4 is 5.32 Å². The highest BCUT2D eigenvalue weighted by Gasteiger charge is 2.16. The van der Waals surface area contributed by atoms with Crippen LogP contribution in [0.5, 0.6) is 0 Å². The summed E-state index contributed by atoms with van der Waals surface area (Å²) in [6, 6.07) is 7.27. The van der Waals surface area contributed by atoms with E-state index in [0.717, 1.165) is 16.3 Å². The van der Waals surface area contributed by atoms with Crippen molar-refractivity contribution in [2.75, 3.05) is 24.4 Å². The molecule has 1 heterocycles. The first-order chi connectivity index (χ1) is 10.5. The van der Waals surface area contributed by atoms with Crippen molar-refractivity contribution in [3.63, 3.8) is 0 Å². The number of aromatic nitrogens is 1. The Morgan fingerprint density at radius 2 is 2.09 bits per heavy atom.